The van der Waals surface area contributed by atoms with Gasteiger partial charge in [0.1, 0.15) is 5.75 Å². The number of hydrogen-bond acceptors (Lipinski definition) is 5. The van der Waals surface area contributed by atoms with Gasteiger partial charge in [-0.2, -0.15) is 4.31 Å². The Morgan fingerprint density at radius 2 is 1.70 bits per heavy atom. The number of methoxy groups -OCH3 is 1. The fourth-order valence-electron chi connectivity index (χ4n) is 3.60. The van der Waals surface area contributed by atoms with E-state index in [1.165, 1.54) is 0 Å². The zero-order valence-corrected chi connectivity index (χ0v) is 18.7. The molecule has 0 atom stereocenters. The van der Waals surface area contributed by atoms with Gasteiger partial charge in [0.15, 0.2) is 4.80 Å². The first-order valence-electron chi connectivity index (χ1n) is 10.0. The molecular formula is C22H25N3O3S2. The molecule has 1 aliphatic heterocycles. The quantitative estimate of drug-likeness (QED) is 0.572. The zero-order chi connectivity index (χ0) is 21.1. The van der Waals surface area contributed by atoms with Crippen molar-refractivity contribution < 1.29 is 13.2 Å². The predicted octanol–water partition coefficient (Wildman–Crippen LogP) is 4.26. The molecule has 158 valence electrons. The zero-order valence-electron chi connectivity index (χ0n) is 17.1. The first-order valence-corrected chi connectivity index (χ1v) is 12.3. The largest absolute Gasteiger partial charge is 0.497 e. The number of sulfonamides is 1. The molecule has 0 spiro atoms. The van der Waals surface area contributed by atoms with Crippen molar-refractivity contribution in [3.05, 3.63) is 58.7 Å². The highest BCUT2D eigenvalue weighted by Gasteiger charge is 2.27. The second kappa shape index (κ2) is 8.75. The van der Waals surface area contributed by atoms with E-state index in [0.717, 1.165) is 46.9 Å². The molecule has 0 aliphatic carbocycles. The summed E-state index contributed by atoms with van der Waals surface area (Å²) >= 11 is 1.57. The van der Waals surface area contributed by atoms with Crippen molar-refractivity contribution in [2.75, 3.05) is 20.2 Å². The second-order valence-corrected chi connectivity index (χ2v) is 9.87. The molecule has 0 unspecified atom stereocenters. The maximum atomic E-state index is 12.8. The fraction of sp³-hybridized carbons (Fsp3) is 0.318. The summed E-state index contributed by atoms with van der Waals surface area (Å²) in [5, 5.41) is 2.07. The van der Waals surface area contributed by atoms with Crippen LogP contribution in [-0.4, -0.2) is 37.5 Å². The molecule has 8 heteroatoms. The highest BCUT2D eigenvalue weighted by molar-refractivity contribution is 7.89. The molecule has 6 nitrogen and oxygen atoms in total. The molecule has 2 heterocycles. The molecule has 0 radical (unpaired) electrons. The first-order chi connectivity index (χ1) is 14.5. The number of benzene rings is 2. The van der Waals surface area contributed by atoms with Crippen LogP contribution in [0.15, 0.2) is 63.8 Å². The van der Waals surface area contributed by atoms with E-state index in [9.17, 15) is 8.42 Å². The Bertz CT molecular complexity index is 1170. The average Bonchev–Trinajstić information content (AvgIpc) is 3.45. The Hall–Kier alpha value is -2.42. The molecule has 4 rings (SSSR count). The van der Waals surface area contributed by atoms with E-state index in [-0.39, 0.29) is 0 Å². The minimum absolute atomic E-state index is 0.356. The van der Waals surface area contributed by atoms with Crippen LogP contribution >= 0.6 is 11.3 Å². The SMILES string of the molecule is CCn1c(-c2ccc(S(=O)(=O)N3CCCC3)cc2)csc1=Nc1ccc(OC)cc1. The molecule has 1 aromatic heterocycles. The number of nitrogens with zero attached hydrogens (tertiary/aromatic N) is 3. The van der Waals surface area contributed by atoms with Crippen molar-refractivity contribution in [1.82, 2.24) is 8.87 Å². The minimum Gasteiger partial charge on any atom is -0.497 e. The van der Waals surface area contributed by atoms with Crippen LogP contribution in [0.5, 0.6) is 5.75 Å². The van der Waals surface area contributed by atoms with E-state index in [4.69, 9.17) is 9.73 Å². The average molecular weight is 444 g/mol. The normalized spacial score (nSPS) is 15.6. The van der Waals surface area contributed by atoms with Gasteiger partial charge in [-0.3, -0.25) is 0 Å². The Kier molecular flexibility index (Phi) is 6.08. The van der Waals surface area contributed by atoms with Crippen LogP contribution in [0.2, 0.25) is 0 Å². The lowest BCUT2D eigenvalue weighted by Crippen LogP contribution is -2.27. The van der Waals surface area contributed by atoms with Gasteiger partial charge in [-0.25, -0.2) is 13.4 Å². The molecule has 0 bridgehead atoms. The number of aromatic nitrogens is 1. The van der Waals surface area contributed by atoms with Crippen molar-refractivity contribution in [3.8, 4) is 17.0 Å². The standard InChI is InChI=1S/C22H25N3O3S2/c1-3-25-21(16-29-22(25)23-18-8-10-19(28-2)11-9-18)17-6-12-20(13-7-17)30(26,27)24-14-4-5-15-24/h6-13,16H,3-5,14-15H2,1-2H3. The van der Waals surface area contributed by atoms with E-state index < -0.39 is 10.0 Å². The van der Waals surface area contributed by atoms with Gasteiger partial charge >= 0.3 is 0 Å². The number of hydrogen-bond donors (Lipinski definition) is 0. The highest BCUT2D eigenvalue weighted by atomic mass is 32.2. The van der Waals surface area contributed by atoms with Crippen LogP contribution in [0.4, 0.5) is 5.69 Å². The van der Waals surface area contributed by atoms with Crippen molar-refractivity contribution in [2.45, 2.75) is 31.2 Å². The predicted molar refractivity (Wildman–Crippen MR) is 120 cm³/mol. The van der Waals surface area contributed by atoms with E-state index in [1.807, 2.05) is 36.4 Å². The minimum atomic E-state index is -3.39. The maximum Gasteiger partial charge on any atom is 0.243 e. The summed E-state index contributed by atoms with van der Waals surface area (Å²) in [6.07, 6.45) is 1.87. The summed E-state index contributed by atoms with van der Waals surface area (Å²) in [4.78, 5) is 6.02. The van der Waals surface area contributed by atoms with Gasteiger partial charge in [-0.15, -0.1) is 11.3 Å². The smallest absolute Gasteiger partial charge is 0.243 e. The van der Waals surface area contributed by atoms with Crippen molar-refractivity contribution in [3.63, 3.8) is 0 Å². The van der Waals surface area contributed by atoms with Crippen molar-refractivity contribution in [1.29, 1.82) is 0 Å². The topological polar surface area (TPSA) is 63.9 Å². The summed E-state index contributed by atoms with van der Waals surface area (Å²) in [7, 11) is -1.75. The summed E-state index contributed by atoms with van der Waals surface area (Å²) < 4.78 is 34.4. The van der Waals surface area contributed by atoms with Gasteiger partial charge in [0, 0.05) is 25.0 Å². The number of ether oxygens (including phenoxy) is 1. The molecule has 1 fully saturated rings. The Balaban J connectivity index is 1.65. The van der Waals surface area contributed by atoms with E-state index in [1.54, 1.807) is 34.9 Å². The molecule has 1 aliphatic rings. The van der Waals surface area contributed by atoms with Gasteiger partial charge in [-0.05, 0) is 61.7 Å². The van der Waals surface area contributed by atoms with Crippen LogP contribution in [0.1, 0.15) is 19.8 Å². The molecule has 1 saturated heterocycles. The molecule has 30 heavy (non-hydrogen) atoms. The Morgan fingerprint density at radius 1 is 1.03 bits per heavy atom. The van der Waals surface area contributed by atoms with Crippen molar-refractivity contribution >= 4 is 27.0 Å². The summed E-state index contributed by atoms with van der Waals surface area (Å²) in [5.41, 5.74) is 2.86. The van der Waals surface area contributed by atoms with Crippen LogP contribution in [0.25, 0.3) is 11.3 Å². The number of thiazole rings is 1. The van der Waals surface area contributed by atoms with Crippen LogP contribution in [0.3, 0.4) is 0 Å². The van der Waals surface area contributed by atoms with E-state index >= 15 is 0 Å². The third-order valence-electron chi connectivity index (χ3n) is 5.26. The summed E-state index contributed by atoms with van der Waals surface area (Å²) in [6, 6.07) is 14.8. The van der Waals surface area contributed by atoms with Gasteiger partial charge in [0.25, 0.3) is 0 Å². The van der Waals surface area contributed by atoms with E-state index in [2.05, 4.69) is 16.9 Å². The van der Waals surface area contributed by atoms with E-state index in [0.29, 0.717) is 18.0 Å². The van der Waals surface area contributed by atoms with Crippen molar-refractivity contribution in [2.24, 2.45) is 4.99 Å². The second-order valence-electron chi connectivity index (χ2n) is 7.09. The molecule has 0 amide bonds. The molecule has 3 aromatic rings. The first kappa shape index (κ1) is 20.8. The summed E-state index contributed by atoms with van der Waals surface area (Å²) in [6.45, 7) is 4.07. The molecular weight excluding hydrogens is 418 g/mol. The van der Waals surface area contributed by atoms with Gasteiger partial charge in [0.2, 0.25) is 10.0 Å². The Morgan fingerprint density at radius 3 is 2.30 bits per heavy atom. The lowest BCUT2D eigenvalue weighted by atomic mass is 10.2. The monoisotopic (exact) mass is 443 g/mol. The Labute approximate surface area is 181 Å². The van der Waals surface area contributed by atoms with Gasteiger partial charge in [0.05, 0.1) is 23.4 Å². The molecule has 0 saturated carbocycles. The molecule has 0 N–H and O–H groups in total. The fourth-order valence-corrected chi connectivity index (χ4v) is 6.11. The van der Waals surface area contributed by atoms with Crippen LogP contribution < -0.4 is 9.54 Å². The lowest BCUT2D eigenvalue weighted by molar-refractivity contribution is 0.415. The van der Waals surface area contributed by atoms with Gasteiger partial charge < -0.3 is 9.30 Å². The highest BCUT2D eigenvalue weighted by Crippen LogP contribution is 2.26. The van der Waals surface area contributed by atoms with Crippen LogP contribution in [0, 0.1) is 0 Å². The lowest BCUT2D eigenvalue weighted by Gasteiger charge is -2.15. The van der Waals surface area contributed by atoms with Crippen LogP contribution in [-0.2, 0) is 16.6 Å². The van der Waals surface area contributed by atoms with Gasteiger partial charge in [-0.1, -0.05) is 12.1 Å². The summed E-state index contributed by atoms with van der Waals surface area (Å²) in [5.74, 6) is 0.799. The molecule has 2 aromatic carbocycles. The third-order valence-corrected chi connectivity index (χ3v) is 8.04. The maximum absolute atomic E-state index is 12.8. The third kappa shape index (κ3) is 4.08. The number of rotatable bonds is 6.